The second-order valence-corrected chi connectivity index (χ2v) is 9.84. The van der Waals surface area contributed by atoms with Gasteiger partial charge in [-0.1, -0.05) is 54.1 Å². The first-order valence-electron chi connectivity index (χ1n) is 12.8. The quantitative estimate of drug-likeness (QED) is 0.391. The number of nitrogens with two attached hydrogens (primary N) is 1. The van der Waals surface area contributed by atoms with E-state index in [2.05, 4.69) is 70.7 Å². The molecule has 9 nitrogen and oxygen atoms in total. The molecule has 2 aliphatic rings. The van der Waals surface area contributed by atoms with E-state index in [9.17, 15) is 4.79 Å². The van der Waals surface area contributed by atoms with E-state index in [4.69, 9.17) is 25.5 Å². The van der Waals surface area contributed by atoms with E-state index >= 15 is 0 Å². The largest absolute Gasteiger partial charge is 0.481 e. The highest BCUT2D eigenvalue weighted by Crippen LogP contribution is 2.39. The Kier molecular flexibility index (Phi) is 9.78. The lowest BCUT2D eigenvalue weighted by Gasteiger charge is -2.43. The first-order chi connectivity index (χ1) is 18.5. The van der Waals surface area contributed by atoms with E-state index in [1.54, 1.807) is 6.20 Å². The van der Waals surface area contributed by atoms with Crippen LogP contribution in [0, 0.1) is 6.92 Å². The van der Waals surface area contributed by atoms with Crippen LogP contribution >= 0.6 is 0 Å². The highest BCUT2D eigenvalue weighted by Gasteiger charge is 2.36. The maximum Gasteiger partial charge on any atom is 0.300 e. The normalized spacial score (nSPS) is 15.1. The Morgan fingerprint density at radius 1 is 1.00 bits per heavy atom. The number of carbonyl (C=O) groups excluding carboxylic acids is 1. The molecule has 39 heavy (non-hydrogen) atoms. The summed E-state index contributed by atoms with van der Waals surface area (Å²) in [7, 11) is 0. The predicted molar refractivity (Wildman–Crippen MR) is 152 cm³/mol. The summed E-state index contributed by atoms with van der Waals surface area (Å²) in [5.41, 5.74) is 13.6. The van der Waals surface area contributed by atoms with E-state index in [1.807, 2.05) is 6.07 Å². The number of carboxylic acids is 2. The number of pyridine rings is 1. The van der Waals surface area contributed by atoms with E-state index in [0.717, 1.165) is 51.0 Å². The molecule has 2 aliphatic heterocycles. The number of nitrogens with zero attached hydrogens (tertiary/aromatic N) is 2. The lowest BCUT2D eigenvalue weighted by molar-refractivity contribution is -0.135. The van der Waals surface area contributed by atoms with Crippen LogP contribution in [0.5, 0.6) is 0 Å². The molecule has 0 spiro atoms. The second kappa shape index (κ2) is 13.0. The molecule has 5 rings (SSSR count). The molecule has 3 heterocycles. The fraction of sp³-hybridized carbons (Fsp3) is 0.333. The fourth-order valence-electron chi connectivity index (χ4n) is 5.04. The monoisotopic (exact) mass is 532 g/mol. The molecule has 9 heteroatoms. The second-order valence-electron chi connectivity index (χ2n) is 9.84. The van der Waals surface area contributed by atoms with Crippen molar-refractivity contribution in [3.8, 4) is 11.1 Å². The molecule has 0 unspecified atom stereocenters. The van der Waals surface area contributed by atoms with Crippen LogP contribution < -0.4 is 16.0 Å². The lowest BCUT2D eigenvalue weighted by atomic mass is 9.72. The molecule has 1 aromatic heterocycles. The molecular weight excluding hydrogens is 496 g/mol. The number of anilines is 2. The highest BCUT2D eigenvalue weighted by atomic mass is 16.4. The predicted octanol–water partition coefficient (Wildman–Crippen LogP) is 4.23. The number of piperidine rings is 1. The molecule has 2 aromatic carbocycles. The molecule has 1 fully saturated rings. The minimum absolute atomic E-state index is 0.0243. The van der Waals surface area contributed by atoms with Crippen molar-refractivity contribution in [2.24, 2.45) is 5.73 Å². The fourth-order valence-corrected chi connectivity index (χ4v) is 5.04. The number of benzene rings is 2. The highest BCUT2D eigenvalue weighted by molar-refractivity contribution is 6.00. The topological polar surface area (TPSA) is 146 Å². The van der Waals surface area contributed by atoms with Crippen LogP contribution in [-0.2, 0) is 26.2 Å². The summed E-state index contributed by atoms with van der Waals surface area (Å²) in [4.78, 5) is 36.6. The van der Waals surface area contributed by atoms with Gasteiger partial charge < -0.3 is 26.2 Å². The molecule has 0 aliphatic carbocycles. The van der Waals surface area contributed by atoms with Gasteiger partial charge in [-0.2, -0.15) is 0 Å². The van der Waals surface area contributed by atoms with Crippen LogP contribution in [0.1, 0.15) is 43.4 Å². The van der Waals surface area contributed by atoms with Crippen LogP contribution in [0.4, 0.5) is 11.5 Å². The molecule has 0 saturated carbocycles. The van der Waals surface area contributed by atoms with Gasteiger partial charge in [0.05, 0.1) is 6.42 Å². The zero-order valence-corrected chi connectivity index (χ0v) is 22.6. The zero-order valence-electron chi connectivity index (χ0n) is 22.6. The third-order valence-electron chi connectivity index (χ3n) is 6.90. The number of aryl methyl sites for hydroxylation is 1. The van der Waals surface area contributed by atoms with Crippen molar-refractivity contribution in [3.63, 3.8) is 0 Å². The molecule has 5 N–H and O–H groups in total. The molecule has 0 radical (unpaired) electrons. The zero-order chi connectivity index (χ0) is 28.6. The van der Waals surface area contributed by atoms with Crippen LogP contribution in [0.2, 0.25) is 0 Å². The summed E-state index contributed by atoms with van der Waals surface area (Å²) in [6.45, 7) is 6.75. The van der Waals surface area contributed by atoms with Crippen molar-refractivity contribution in [2.75, 3.05) is 29.9 Å². The summed E-state index contributed by atoms with van der Waals surface area (Å²) in [5.74, 6) is -0.930. The first kappa shape index (κ1) is 29.3. The van der Waals surface area contributed by atoms with Crippen molar-refractivity contribution >= 4 is 29.4 Å². The van der Waals surface area contributed by atoms with Gasteiger partial charge in [0, 0.05) is 56.3 Å². The Labute approximate surface area is 228 Å². The molecular formula is C30H36N4O5. The number of carboxylic acid groups (broad SMARTS) is 2. The summed E-state index contributed by atoms with van der Waals surface area (Å²) in [6, 6.07) is 19.6. The van der Waals surface area contributed by atoms with Crippen molar-refractivity contribution in [2.45, 2.75) is 45.4 Å². The number of hydrogen-bond acceptors (Lipinski definition) is 6. The van der Waals surface area contributed by atoms with Crippen LogP contribution in [0.15, 0.2) is 60.8 Å². The van der Waals surface area contributed by atoms with Gasteiger partial charge >= 0.3 is 0 Å². The van der Waals surface area contributed by atoms with Gasteiger partial charge in [0.25, 0.3) is 11.9 Å². The van der Waals surface area contributed by atoms with Crippen LogP contribution in [-0.4, -0.2) is 52.7 Å². The van der Waals surface area contributed by atoms with E-state index in [0.29, 0.717) is 18.8 Å². The van der Waals surface area contributed by atoms with Gasteiger partial charge in [-0.15, -0.1) is 0 Å². The molecule has 1 saturated heterocycles. The molecule has 0 bridgehead atoms. The number of carbonyl (C=O) groups is 3. The number of aliphatic carboxylic acids is 2. The molecule has 206 valence electrons. The minimum atomic E-state index is -0.833. The number of hydrogen-bond donors (Lipinski definition) is 4. The van der Waals surface area contributed by atoms with Crippen molar-refractivity contribution in [3.05, 3.63) is 77.5 Å². The van der Waals surface area contributed by atoms with Crippen LogP contribution in [0.25, 0.3) is 11.1 Å². The average Bonchev–Trinajstić information content (AvgIpc) is 3.28. The van der Waals surface area contributed by atoms with E-state index in [1.165, 1.54) is 22.3 Å². The number of nitrogens with one attached hydrogen (secondary N) is 1. The Bertz CT molecular complexity index is 1310. The summed E-state index contributed by atoms with van der Waals surface area (Å²) in [5, 5.41) is 17.7. The summed E-state index contributed by atoms with van der Waals surface area (Å²) < 4.78 is 0. The van der Waals surface area contributed by atoms with Gasteiger partial charge in [0.15, 0.2) is 0 Å². The number of amides is 1. The summed E-state index contributed by atoms with van der Waals surface area (Å²) in [6.07, 6.45) is 4.17. The van der Waals surface area contributed by atoms with E-state index < -0.39 is 11.9 Å². The number of rotatable bonds is 4. The standard InChI is InChI=1S/C26H28N4O.2C2H4O2/c1-18-4-2-5-19(14-18)20-6-3-7-21(15-20)26(17-27)9-12-30(13-10-26)23-8-11-28-25-22(23)16-24(31)29-25;2*1-2(3)4/h2-8,11,14-15H,9-10,12-13,16-17,27H2,1H3,(H,28,29,31);2*1H3,(H,3,4). The van der Waals surface area contributed by atoms with Gasteiger partial charge in [0.2, 0.25) is 5.91 Å². The Morgan fingerprint density at radius 2 is 1.59 bits per heavy atom. The lowest BCUT2D eigenvalue weighted by Crippen LogP contribution is -2.47. The Balaban J connectivity index is 0.000000466. The van der Waals surface area contributed by atoms with Crippen LogP contribution in [0.3, 0.4) is 0 Å². The number of aromatic nitrogens is 1. The maximum atomic E-state index is 11.9. The van der Waals surface area contributed by atoms with Crippen molar-refractivity contribution < 1.29 is 24.6 Å². The SMILES string of the molecule is CC(=O)O.CC(=O)O.Cc1cccc(-c2cccc(C3(CN)CCN(c4ccnc5c4CC(=O)N5)CC3)c2)c1. The van der Waals surface area contributed by atoms with Gasteiger partial charge in [-0.25, -0.2) is 4.98 Å². The average molecular weight is 533 g/mol. The van der Waals surface area contributed by atoms with E-state index in [-0.39, 0.29) is 11.3 Å². The molecule has 0 atom stereocenters. The minimum Gasteiger partial charge on any atom is -0.481 e. The third-order valence-corrected chi connectivity index (χ3v) is 6.90. The Hall–Kier alpha value is -4.24. The number of fused-ring (bicyclic) bond motifs is 1. The third kappa shape index (κ3) is 7.64. The van der Waals surface area contributed by atoms with Crippen molar-refractivity contribution in [1.82, 2.24) is 4.98 Å². The van der Waals surface area contributed by atoms with Gasteiger partial charge in [-0.05, 0) is 42.5 Å². The molecule has 3 aromatic rings. The van der Waals surface area contributed by atoms with Gasteiger partial charge in [-0.3, -0.25) is 14.4 Å². The first-order valence-corrected chi connectivity index (χ1v) is 12.8. The van der Waals surface area contributed by atoms with Gasteiger partial charge in [0.1, 0.15) is 5.82 Å². The smallest absolute Gasteiger partial charge is 0.300 e. The Morgan fingerprint density at radius 3 is 2.18 bits per heavy atom. The van der Waals surface area contributed by atoms with Crippen molar-refractivity contribution in [1.29, 1.82) is 0 Å². The summed E-state index contributed by atoms with van der Waals surface area (Å²) >= 11 is 0. The molecule has 1 amide bonds. The maximum absolute atomic E-state index is 11.9.